The summed E-state index contributed by atoms with van der Waals surface area (Å²) in [6.45, 7) is 6.23. The smallest absolute Gasteiger partial charge is 0.214 e. The summed E-state index contributed by atoms with van der Waals surface area (Å²) in [5, 5.41) is 21.5. The number of ketones is 1. The number of phenolic OH excluding ortho intramolecular Hbond substituents is 2. The van der Waals surface area contributed by atoms with Crippen molar-refractivity contribution in [3.63, 3.8) is 0 Å². The van der Waals surface area contributed by atoms with Crippen molar-refractivity contribution in [2.24, 2.45) is 5.92 Å². The SMILES string of the molecule is CCCCCC(=O)c1c(O)cc2c(c1O)C1CCCC3(O2)OC(C)(C)CC13. The summed E-state index contributed by atoms with van der Waals surface area (Å²) in [7, 11) is 0. The lowest BCUT2D eigenvalue weighted by atomic mass is 9.68. The molecule has 5 heteroatoms. The lowest BCUT2D eigenvalue weighted by Gasteiger charge is -2.47. The Morgan fingerprint density at radius 2 is 2.07 bits per heavy atom. The van der Waals surface area contributed by atoms with Crippen LogP contribution in [0.4, 0.5) is 0 Å². The van der Waals surface area contributed by atoms with Crippen LogP contribution in [0.25, 0.3) is 0 Å². The molecule has 4 rings (SSSR count). The van der Waals surface area contributed by atoms with Gasteiger partial charge < -0.3 is 19.7 Å². The maximum absolute atomic E-state index is 12.7. The third-order valence-electron chi connectivity index (χ3n) is 6.47. The lowest BCUT2D eigenvalue weighted by Crippen LogP contribution is -2.50. The van der Waals surface area contributed by atoms with Crippen LogP contribution in [0.5, 0.6) is 17.2 Å². The third kappa shape index (κ3) is 2.91. The summed E-state index contributed by atoms with van der Waals surface area (Å²) >= 11 is 0. The first-order valence-corrected chi connectivity index (χ1v) is 10.3. The molecule has 2 bridgehead atoms. The minimum atomic E-state index is -0.676. The van der Waals surface area contributed by atoms with E-state index in [0.717, 1.165) is 44.9 Å². The number of rotatable bonds is 5. The van der Waals surface area contributed by atoms with Crippen LogP contribution in [-0.2, 0) is 4.74 Å². The number of carbonyl (C=O) groups is 1. The fourth-order valence-electron chi connectivity index (χ4n) is 5.43. The van der Waals surface area contributed by atoms with E-state index in [1.165, 1.54) is 6.07 Å². The number of hydrogen-bond acceptors (Lipinski definition) is 5. The second-order valence-corrected chi connectivity index (χ2v) is 9.00. The molecular weight excluding hydrogens is 344 g/mol. The Bertz CT molecular complexity index is 768. The number of carbonyl (C=O) groups excluding carboxylic acids is 1. The Balaban J connectivity index is 1.75. The average Bonchev–Trinajstić information content (AvgIpc) is 2.85. The first kappa shape index (κ1) is 18.6. The molecular formula is C22H30O5. The summed E-state index contributed by atoms with van der Waals surface area (Å²) < 4.78 is 12.6. The molecule has 1 saturated heterocycles. The first-order chi connectivity index (χ1) is 12.8. The summed E-state index contributed by atoms with van der Waals surface area (Å²) in [6.07, 6.45) is 6.64. The highest BCUT2D eigenvalue weighted by Crippen LogP contribution is 2.62. The van der Waals surface area contributed by atoms with Crippen molar-refractivity contribution < 1.29 is 24.5 Å². The largest absolute Gasteiger partial charge is 0.507 e. The van der Waals surface area contributed by atoms with Gasteiger partial charge in [0.05, 0.1) is 5.60 Å². The van der Waals surface area contributed by atoms with E-state index in [9.17, 15) is 15.0 Å². The predicted molar refractivity (Wildman–Crippen MR) is 101 cm³/mol. The van der Waals surface area contributed by atoms with Crippen molar-refractivity contribution in [2.75, 3.05) is 0 Å². The Morgan fingerprint density at radius 1 is 1.30 bits per heavy atom. The van der Waals surface area contributed by atoms with Gasteiger partial charge >= 0.3 is 0 Å². The normalized spacial score (nSPS) is 30.3. The Kier molecular flexibility index (Phi) is 4.41. The average molecular weight is 374 g/mol. The maximum Gasteiger partial charge on any atom is 0.214 e. The zero-order chi connectivity index (χ0) is 19.4. The molecule has 3 unspecified atom stereocenters. The van der Waals surface area contributed by atoms with Crippen LogP contribution in [-0.4, -0.2) is 27.4 Å². The highest BCUT2D eigenvalue weighted by Gasteiger charge is 2.61. The Hall–Kier alpha value is -1.75. The van der Waals surface area contributed by atoms with Crippen LogP contribution < -0.4 is 4.74 Å². The van der Waals surface area contributed by atoms with E-state index in [2.05, 4.69) is 20.8 Å². The van der Waals surface area contributed by atoms with Gasteiger partial charge in [-0.05, 0) is 39.5 Å². The molecule has 27 heavy (non-hydrogen) atoms. The van der Waals surface area contributed by atoms with Crippen LogP contribution in [0.15, 0.2) is 6.07 Å². The number of Topliss-reactive ketones (excluding diaryl/α,β-unsaturated/α-hetero) is 1. The first-order valence-electron chi connectivity index (χ1n) is 10.3. The molecule has 1 aliphatic carbocycles. The lowest BCUT2D eigenvalue weighted by molar-refractivity contribution is -0.234. The number of hydrogen-bond donors (Lipinski definition) is 2. The van der Waals surface area contributed by atoms with E-state index in [-0.39, 0.29) is 40.3 Å². The molecule has 2 N–H and O–H groups in total. The van der Waals surface area contributed by atoms with E-state index in [1.54, 1.807) is 0 Å². The van der Waals surface area contributed by atoms with Crippen molar-refractivity contribution in [3.05, 3.63) is 17.2 Å². The molecule has 1 aromatic rings. The van der Waals surface area contributed by atoms with Gasteiger partial charge in [-0.3, -0.25) is 4.79 Å². The minimum Gasteiger partial charge on any atom is -0.507 e. The molecule has 2 fully saturated rings. The minimum absolute atomic E-state index is 0.0599. The molecule has 0 aromatic heterocycles. The molecule has 148 valence electrons. The molecule has 2 aliphatic heterocycles. The molecule has 3 aliphatic rings. The van der Waals surface area contributed by atoms with Crippen LogP contribution >= 0.6 is 0 Å². The number of phenols is 2. The summed E-state index contributed by atoms with van der Waals surface area (Å²) in [5.74, 6) is -0.440. The topological polar surface area (TPSA) is 76.0 Å². The molecule has 2 heterocycles. The van der Waals surface area contributed by atoms with Crippen molar-refractivity contribution in [1.82, 2.24) is 0 Å². The van der Waals surface area contributed by atoms with Crippen molar-refractivity contribution in [1.29, 1.82) is 0 Å². The van der Waals surface area contributed by atoms with E-state index in [0.29, 0.717) is 17.7 Å². The quantitative estimate of drug-likeness (QED) is 0.558. The van der Waals surface area contributed by atoms with E-state index < -0.39 is 5.79 Å². The van der Waals surface area contributed by atoms with Gasteiger partial charge in [0.1, 0.15) is 22.8 Å². The summed E-state index contributed by atoms with van der Waals surface area (Å²) in [5.41, 5.74) is 0.462. The van der Waals surface area contributed by atoms with E-state index >= 15 is 0 Å². The van der Waals surface area contributed by atoms with Gasteiger partial charge in [-0.15, -0.1) is 0 Å². The van der Waals surface area contributed by atoms with Gasteiger partial charge in [-0.2, -0.15) is 0 Å². The van der Waals surface area contributed by atoms with Gasteiger partial charge in [0.15, 0.2) is 5.78 Å². The van der Waals surface area contributed by atoms with Crippen LogP contribution in [0.3, 0.4) is 0 Å². The van der Waals surface area contributed by atoms with Gasteiger partial charge in [0.2, 0.25) is 5.79 Å². The zero-order valence-corrected chi connectivity index (χ0v) is 16.5. The van der Waals surface area contributed by atoms with E-state index in [4.69, 9.17) is 9.47 Å². The molecule has 1 aromatic carbocycles. The fourth-order valence-corrected chi connectivity index (χ4v) is 5.43. The van der Waals surface area contributed by atoms with Gasteiger partial charge in [0.25, 0.3) is 0 Å². The summed E-state index contributed by atoms with van der Waals surface area (Å²) in [4.78, 5) is 12.7. The summed E-state index contributed by atoms with van der Waals surface area (Å²) in [6, 6.07) is 1.51. The van der Waals surface area contributed by atoms with Gasteiger partial charge in [0, 0.05) is 36.3 Å². The van der Waals surface area contributed by atoms with Crippen molar-refractivity contribution in [3.8, 4) is 17.2 Å². The van der Waals surface area contributed by atoms with Crippen molar-refractivity contribution >= 4 is 5.78 Å². The number of ether oxygens (including phenoxy) is 2. The zero-order valence-electron chi connectivity index (χ0n) is 16.5. The molecule has 0 spiro atoms. The Labute approximate surface area is 160 Å². The molecule has 0 amide bonds. The van der Waals surface area contributed by atoms with Gasteiger partial charge in [-0.25, -0.2) is 0 Å². The maximum atomic E-state index is 12.7. The van der Waals surface area contributed by atoms with Crippen LogP contribution in [0.2, 0.25) is 0 Å². The van der Waals surface area contributed by atoms with Crippen LogP contribution in [0.1, 0.15) is 94.0 Å². The monoisotopic (exact) mass is 374 g/mol. The fraction of sp³-hybridized carbons (Fsp3) is 0.682. The van der Waals surface area contributed by atoms with E-state index in [1.807, 2.05) is 0 Å². The second kappa shape index (κ2) is 6.40. The predicted octanol–water partition coefficient (Wildman–Crippen LogP) is 5.03. The van der Waals surface area contributed by atoms with Gasteiger partial charge in [-0.1, -0.05) is 19.8 Å². The second-order valence-electron chi connectivity index (χ2n) is 9.00. The standard InChI is InChI=1S/C22H30O5/c1-4-5-6-9-15(23)19-16(24)11-17-18(20(19)25)13-8-7-10-22(26-17)14(13)12-21(2,3)27-22/h11,13-14,24-25H,4-10,12H2,1-3H3. The number of aromatic hydroxyl groups is 2. The number of fused-ring (bicyclic) bond motifs is 2. The molecule has 1 saturated carbocycles. The molecule has 5 nitrogen and oxygen atoms in total. The number of benzene rings is 1. The van der Waals surface area contributed by atoms with Crippen molar-refractivity contribution in [2.45, 2.75) is 89.4 Å². The Morgan fingerprint density at radius 3 is 2.81 bits per heavy atom. The highest BCUT2D eigenvalue weighted by atomic mass is 16.7. The third-order valence-corrected chi connectivity index (χ3v) is 6.47. The molecule has 3 atom stereocenters. The molecule has 0 radical (unpaired) electrons. The van der Waals surface area contributed by atoms with Crippen LogP contribution in [0, 0.1) is 5.92 Å². The number of unbranched alkanes of at least 4 members (excludes halogenated alkanes) is 2. The highest BCUT2D eigenvalue weighted by molar-refractivity contribution is 6.02.